The Bertz CT molecular complexity index is 750. The lowest BCUT2D eigenvalue weighted by molar-refractivity contribution is -0.144. The lowest BCUT2D eigenvalue weighted by Gasteiger charge is -2.42. The highest BCUT2D eigenvalue weighted by molar-refractivity contribution is 6.38. The van der Waals surface area contributed by atoms with Crippen LogP contribution >= 0.6 is 0 Å². The molecule has 2 aliphatic rings. The van der Waals surface area contributed by atoms with Gasteiger partial charge in [-0.1, -0.05) is 52.5 Å². The van der Waals surface area contributed by atoms with E-state index in [0.29, 0.717) is 19.4 Å². The first-order chi connectivity index (χ1) is 17.2. The molecule has 4 atom stereocenters. The summed E-state index contributed by atoms with van der Waals surface area (Å²) in [4.78, 5) is 53.7. The molecule has 0 radical (unpaired) electrons. The fraction of sp³-hybridized carbons (Fsp3) is 0.778. The number of nitrogens with one attached hydrogen (secondary N) is 3. The minimum absolute atomic E-state index is 0.0434. The number of nitrogens with zero attached hydrogens (tertiary/aromatic N) is 1. The molecule has 2 fully saturated rings. The van der Waals surface area contributed by atoms with Crippen LogP contribution in [0, 0.1) is 11.3 Å². The highest BCUT2D eigenvalue weighted by atomic mass is 16.2. The molecule has 1 saturated carbocycles. The summed E-state index contributed by atoms with van der Waals surface area (Å²) in [5.74, 6) is -1.63. The average Bonchev–Trinajstić information content (AvgIpc) is 3.38. The Labute approximate surface area is 216 Å². The van der Waals surface area contributed by atoms with Crippen molar-refractivity contribution in [3.8, 4) is 0 Å². The van der Waals surface area contributed by atoms with Crippen LogP contribution in [0.5, 0.6) is 0 Å². The van der Waals surface area contributed by atoms with Crippen molar-refractivity contribution in [1.29, 1.82) is 0 Å². The van der Waals surface area contributed by atoms with E-state index in [1.165, 1.54) is 12.5 Å². The number of carbonyl (C=O) groups excluding carboxylic acids is 4. The summed E-state index contributed by atoms with van der Waals surface area (Å²) >= 11 is 0. The van der Waals surface area contributed by atoms with Gasteiger partial charge in [0.05, 0.1) is 12.1 Å². The van der Waals surface area contributed by atoms with Crippen molar-refractivity contribution in [1.82, 2.24) is 20.9 Å². The molecule has 0 spiro atoms. The predicted molar refractivity (Wildman–Crippen MR) is 141 cm³/mol. The van der Waals surface area contributed by atoms with Crippen molar-refractivity contribution >= 4 is 23.5 Å². The molecular weight excluding hydrogens is 460 g/mol. The summed E-state index contributed by atoms with van der Waals surface area (Å²) in [5.41, 5.74) is -0.133. The Balaban J connectivity index is 0.00000316. The molecule has 206 valence electrons. The number of Topliss-reactive ketones (excluding diaryl/α,β-unsaturated/α-hetero) is 1. The van der Waals surface area contributed by atoms with Crippen molar-refractivity contribution in [2.75, 3.05) is 27.2 Å². The third kappa shape index (κ3) is 8.40. The third-order valence-corrected chi connectivity index (χ3v) is 7.67. The molecule has 4 N–H and O–H groups in total. The number of hydrogen-bond donors (Lipinski definition) is 4. The van der Waals surface area contributed by atoms with Gasteiger partial charge in [-0.3, -0.25) is 19.2 Å². The molecule has 0 aromatic heterocycles. The van der Waals surface area contributed by atoms with Gasteiger partial charge in [-0.25, -0.2) is 0 Å². The summed E-state index contributed by atoms with van der Waals surface area (Å²) < 4.78 is 0. The number of rotatable bonds is 12. The van der Waals surface area contributed by atoms with Crippen LogP contribution in [-0.2, 0) is 19.2 Å². The van der Waals surface area contributed by atoms with E-state index in [0.717, 1.165) is 45.6 Å². The lowest BCUT2D eigenvalue weighted by Crippen LogP contribution is -2.58. The van der Waals surface area contributed by atoms with Crippen LogP contribution in [-0.4, -0.2) is 78.9 Å². The molecule has 1 aliphatic heterocycles. The topological polar surface area (TPSA) is 128 Å². The standard InChI is InChI=1S/C26H44N4O4.CH4O/c1-6-15-28-24(33)21(31)19(17-18(3)7-2)29-23(32)20-12-11-16-30(20)25(34)22(27-5)26(4)13-9-8-10-14-26;1-2/h6,18-20,22,27H,1,7-17H2,2-5H3,(H,28,33)(H,29,32);2H,1H3. The van der Waals surface area contributed by atoms with E-state index in [-0.39, 0.29) is 35.7 Å². The second-order valence-electron chi connectivity index (χ2n) is 10.3. The number of carbonyl (C=O) groups is 4. The van der Waals surface area contributed by atoms with Crippen molar-refractivity contribution < 1.29 is 24.3 Å². The maximum Gasteiger partial charge on any atom is 0.289 e. The molecule has 1 saturated heterocycles. The van der Waals surface area contributed by atoms with E-state index >= 15 is 0 Å². The summed E-state index contributed by atoms with van der Waals surface area (Å²) in [6.07, 6.45) is 9.38. The van der Waals surface area contributed by atoms with E-state index in [2.05, 4.69) is 29.5 Å². The van der Waals surface area contributed by atoms with Crippen LogP contribution in [0.15, 0.2) is 12.7 Å². The van der Waals surface area contributed by atoms with Crippen LogP contribution in [0.2, 0.25) is 0 Å². The number of likely N-dealkylation sites (tertiary alicyclic amines) is 1. The van der Waals surface area contributed by atoms with Gasteiger partial charge in [0.25, 0.3) is 5.91 Å². The fourth-order valence-corrected chi connectivity index (χ4v) is 5.37. The molecule has 0 bridgehead atoms. The summed E-state index contributed by atoms with van der Waals surface area (Å²) in [6, 6.07) is -1.89. The number of hydrogen-bond acceptors (Lipinski definition) is 6. The first kappa shape index (κ1) is 31.8. The molecule has 3 amide bonds. The second-order valence-corrected chi connectivity index (χ2v) is 10.3. The maximum absolute atomic E-state index is 13.6. The Morgan fingerprint density at radius 2 is 1.78 bits per heavy atom. The highest BCUT2D eigenvalue weighted by Gasteiger charge is 2.45. The van der Waals surface area contributed by atoms with Gasteiger partial charge in [-0.15, -0.1) is 6.58 Å². The summed E-state index contributed by atoms with van der Waals surface area (Å²) in [5, 5.41) is 15.6. The summed E-state index contributed by atoms with van der Waals surface area (Å²) in [7, 11) is 2.82. The molecule has 2 rings (SSSR count). The zero-order valence-corrected chi connectivity index (χ0v) is 22.9. The number of aliphatic hydroxyl groups excluding tert-OH is 1. The van der Waals surface area contributed by atoms with Crippen molar-refractivity contribution in [3.63, 3.8) is 0 Å². The Kier molecular flexibility index (Phi) is 13.9. The van der Waals surface area contributed by atoms with Gasteiger partial charge >= 0.3 is 0 Å². The minimum atomic E-state index is -0.916. The van der Waals surface area contributed by atoms with E-state index in [1.54, 1.807) is 4.90 Å². The Morgan fingerprint density at radius 3 is 2.33 bits per heavy atom. The zero-order valence-electron chi connectivity index (χ0n) is 22.9. The van der Waals surface area contributed by atoms with Gasteiger partial charge < -0.3 is 26.0 Å². The Hall–Kier alpha value is -2.26. The number of aliphatic hydroxyl groups is 1. The highest BCUT2D eigenvalue weighted by Crippen LogP contribution is 2.40. The third-order valence-electron chi connectivity index (χ3n) is 7.67. The van der Waals surface area contributed by atoms with Crippen LogP contribution in [0.3, 0.4) is 0 Å². The molecule has 36 heavy (non-hydrogen) atoms. The molecule has 1 aliphatic carbocycles. The summed E-state index contributed by atoms with van der Waals surface area (Å²) in [6.45, 7) is 10.4. The van der Waals surface area contributed by atoms with Gasteiger partial charge in [-0.05, 0) is 50.5 Å². The largest absolute Gasteiger partial charge is 0.400 e. The van der Waals surface area contributed by atoms with Gasteiger partial charge in [-0.2, -0.15) is 0 Å². The SMILES string of the molecule is C=CCNC(=O)C(=O)C(CC(C)CC)NC(=O)C1CCCN1C(=O)C(NC)C1(C)CCCCC1.CO. The second kappa shape index (κ2) is 15.8. The zero-order chi connectivity index (χ0) is 27.3. The van der Waals surface area contributed by atoms with E-state index in [9.17, 15) is 19.2 Å². The normalized spacial score (nSPS) is 21.3. The van der Waals surface area contributed by atoms with E-state index < -0.39 is 23.8 Å². The smallest absolute Gasteiger partial charge is 0.289 e. The molecule has 1 heterocycles. The molecular formula is C27H48N4O5. The van der Waals surface area contributed by atoms with Crippen LogP contribution < -0.4 is 16.0 Å². The number of amides is 3. The molecule has 9 heteroatoms. The quantitative estimate of drug-likeness (QED) is 0.236. The predicted octanol–water partition coefficient (Wildman–Crippen LogP) is 1.94. The van der Waals surface area contributed by atoms with Crippen LogP contribution in [0.25, 0.3) is 0 Å². The maximum atomic E-state index is 13.6. The molecule has 0 aromatic carbocycles. The lowest BCUT2D eigenvalue weighted by atomic mass is 9.70. The van der Waals surface area contributed by atoms with Gasteiger partial charge in [0.1, 0.15) is 6.04 Å². The molecule has 9 nitrogen and oxygen atoms in total. The van der Waals surface area contributed by atoms with Crippen molar-refractivity contribution in [3.05, 3.63) is 12.7 Å². The minimum Gasteiger partial charge on any atom is -0.400 e. The van der Waals surface area contributed by atoms with Crippen molar-refractivity contribution in [2.45, 2.75) is 96.7 Å². The number of ketones is 1. The van der Waals surface area contributed by atoms with Gasteiger partial charge in [0, 0.05) is 20.2 Å². The van der Waals surface area contributed by atoms with Crippen molar-refractivity contribution in [2.24, 2.45) is 11.3 Å². The van der Waals surface area contributed by atoms with Gasteiger partial charge in [0.15, 0.2) is 0 Å². The fourth-order valence-electron chi connectivity index (χ4n) is 5.37. The first-order valence-electron chi connectivity index (χ1n) is 13.3. The molecule has 4 unspecified atom stereocenters. The van der Waals surface area contributed by atoms with E-state index in [4.69, 9.17) is 5.11 Å². The number of likely N-dealkylation sites (N-methyl/N-ethyl adjacent to an activating group) is 1. The van der Waals surface area contributed by atoms with E-state index in [1.807, 2.05) is 20.9 Å². The van der Waals surface area contributed by atoms with Crippen LogP contribution in [0.4, 0.5) is 0 Å². The molecule has 0 aromatic rings. The first-order valence-corrected chi connectivity index (χ1v) is 13.3. The average molecular weight is 509 g/mol. The Morgan fingerprint density at radius 1 is 1.14 bits per heavy atom. The monoisotopic (exact) mass is 508 g/mol. The van der Waals surface area contributed by atoms with Gasteiger partial charge in [0.2, 0.25) is 17.6 Å². The van der Waals surface area contributed by atoms with Crippen LogP contribution in [0.1, 0.15) is 78.6 Å².